The molecule has 7 nitrogen and oxygen atoms in total. The van der Waals surface area contributed by atoms with Gasteiger partial charge in [-0.1, -0.05) is 20.8 Å². The number of hydrogen-bond donors (Lipinski definition) is 2. The summed E-state index contributed by atoms with van der Waals surface area (Å²) < 4.78 is 5.86. The van der Waals surface area contributed by atoms with Crippen molar-refractivity contribution in [2.45, 2.75) is 32.6 Å². The topological polar surface area (TPSA) is 109 Å². The molecule has 0 spiro atoms. The van der Waals surface area contributed by atoms with Crippen LogP contribution in [-0.4, -0.2) is 34.8 Å². The minimum Gasteiger partial charge on any atom is -0.463 e. The summed E-state index contributed by atoms with van der Waals surface area (Å²) in [6.45, 7) is 6.96. The molecule has 0 aliphatic carbocycles. The summed E-state index contributed by atoms with van der Waals surface area (Å²) in [7, 11) is 0. The lowest BCUT2D eigenvalue weighted by Crippen LogP contribution is -2.31. The molecule has 1 atom stereocenters. The number of pyridine rings is 1. The first kappa shape index (κ1) is 19.9. The van der Waals surface area contributed by atoms with Gasteiger partial charge in [-0.05, 0) is 41.7 Å². The number of amides is 2. The highest BCUT2D eigenvalue weighted by Crippen LogP contribution is 2.37. The number of carbonyl (C=O) groups is 2. The summed E-state index contributed by atoms with van der Waals surface area (Å²) in [5, 5.41) is 0.660. The monoisotopic (exact) mass is 407 g/mol. The largest absolute Gasteiger partial charge is 0.463 e. The van der Waals surface area contributed by atoms with Crippen LogP contribution in [-0.2, 0) is 10.2 Å². The number of nitrogens with zero attached hydrogens (tertiary/aromatic N) is 1. The first-order chi connectivity index (χ1) is 14.2. The fraction of sp³-hybridized carbons (Fsp3) is 0.348. The quantitative estimate of drug-likeness (QED) is 0.695. The van der Waals surface area contributed by atoms with Crippen LogP contribution < -0.4 is 11.3 Å². The summed E-state index contributed by atoms with van der Waals surface area (Å²) in [6, 6.07) is 7.30. The number of carbonyl (C=O) groups excluding carboxylic acids is 2. The number of aromatic amines is 1. The van der Waals surface area contributed by atoms with Crippen molar-refractivity contribution in [2.75, 3.05) is 13.1 Å². The molecule has 1 aliphatic heterocycles. The van der Waals surface area contributed by atoms with Gasteiger partial charge in [0.25, 0.3) is 11.5 Å². The van der Waals surface area contributed by atoms with E-state index < -0.39 is 0 Å². The Morgan fingerprint density at radius 3 is 2.67 bits per heavy atom. The van der Waals surface area contributed by atoms with Crippen molar-refractivity contribution in [2.24, 2.45) is 11.7 Å². The van der Waals surface area contributed by atoms with Crippen molar-refractivity contribution in [1.29, 1.82) is 0 Å². The summed E-state index contributed by atoms with van der Waals surface area (Å²) in [4.78, 5) is 41.4. The van der Waals surface area contributed by atoms with E-state index in [-0.39, 0.29) is 28.7 Å². The number of fused-ring (bicyclic) bond motifs is 1. The number of furan rings is 1. The van der Waals surface area contributed by atoms with E-state index in [1.165, 1.54) is 6.26 Å². The molecular formula is C23H25N3O4. The zero-order valence-electron chi connectivity index (χ0n) is 17.3. The predicted molar refractivity (Wildman–Crippen MR) is 114 cm³/mol. The van der Waals surface area contributed by atoms with Crippen molar-refractivity contribution < 1.29 is 14.0 Å². The van der Waals surface area contributed by atoms with Crippen LogP contribution in [0, 0.1) is 5.92 Å². The Bertz CT molecular complexity index is 1200. The van der Waals surface area contributed by atoms with E-state index in [1.807, 2.05) is 12.1 Å². The third-order valence-corrected chi connectivity index (χ3v) is 5.72. The number of nitrogens with one attached hydrogen (secondary N) is 1. The zero-order chi connectivity index (χ0) is 21.6. The molecule has 156 valence electrons. The number of H-pyrrole nitrogens is 1. The first-order valence-corrected chi connectivity index (χ1v) is 9.99. The van der Waals surface area contributed by atoms with Crippen molar-refractivity contribution in [3.8, 4) is 11.1 Å². The maximum Gasteiger partial charge on any atom is 0.257 e. The van der Waals surface area contributed by atoms with Gasteiger partial charge in [0.1, 0.15) is 11.8 Å². The highest BCUT2D eigenvalue weighted by Gasteiger charge is 2.32. The number of likely N-dealkylation sites (tertiary alicyclic amines) is 1. The Balaban J connectivity index is 1.86. The van der Waals surface area contributed by atoms with Gasteiger partial charge in [-0.15, -0.1) is 0 Å². The second-order valence-corrected chi connectivity index (χ2v) is 8.85. The number of rotatable bonds is 3. The normalized spacial score (nSPS) is 16.9. The maximum absolute atomic E-state index is 13.2. The van der Waals surface area contributed by atoms with E-state index >= 15 is 0 Å². The van der Waals surface area contributed by atoms with Crippen LogP contribution in [0.25, 0.3) is 22.1 Å². The van der Waals surface area contributed by atoms with E-state index in [0.29, 0.717) is 41.6 Å². The molecule has 2 aromatic heterocycles. The average molecular weight is 407 g/mol. The number of benzene rings is 1. The molecule has 30 heavy (non-hydrogen) atoms. The molecule has 1 saturated heterocycles. The molecule has 3 aromatic rings. The standard InChI is InChI=1S/C23H25N3O4/c1-23(2,3)18-10-14(15-5-4-7-25-21(15)28)9-16-17(12-30-19(16)18)22(29)26-8-6-13(11-26)20(24)27/h4-5,7,9-10,12-13H,6,8,11H2,1-3H3,(H2,24,27)(H,25,28)/t13-/m0/s1. The van der Waals surface area contributed by atoms with E-state index in [4.69, 9.17) is 10.2 Å². The fourth-order valence-electron chi connectivity index (χ4n) is 4.01. The Morgan fingerprint density at radius 1 is 1.27 bits per heavy atom. The van der Waals surface area contributed by atoms with E-state index in [1.54, 1.807) is 23.2 Å². The Hall–Kier alpha value is -3.35. The molecule has 1 fully saturated rings. The van der Waals surface area contributed by atoms with Crippen LogP contribution in [0.5, 0.6) is 0 Å². The molecule has 0 bridgehead atoms. The number of nitrogens with two attached hydrogens (primary N) is 1. The molecule has 1 aromatic carbocycles. The third-order valence-electron chi connectivity index (χ3n) is 5.72. The summed E-state index contributed by atoms with van der Waals surface area (Å²) in [5.41, 5.74) is 8.16. The van der Waals surface area contributed by atoms with Crippen LogP contribution in [0.15, 0.2) is 45.9 Å². The number of aromatic nitrogens is 1. The van der Waals surface area contributed by atoms with Gasteiger partial charge in [-0.3, -0.25) is 14.4 Å². The third kappa shape index (κ3) is 3.40. The molecule has 7 heteroatoms. The van der Waals surface area contributed by atoms with Crippen LogP contribution >= 0.6 is 0 Å². The lowest BCUT2D eigenvalue weighted by Gasteiger charge is -2.21. The molecule has 2 amide bonds. The smallest absolute Gasteiger partial charge is 0.257 e. The molecule has 0 saturated carbocycles. The lowest BCUT2D eigenvalue weighted by atomic mass is 9.84. The van der Waals surface area contributed by atoms with Gasteiger partial charge in [0, 0.05) is 35.8 Å². The molecule has 0 radical (unpaired) electrons. The van der Waals surface area contributed by atoms with Gasteiger partial charge in [0.05, 0.1) is 11.5 Å². The number of primary amides is 1. The molecule has 0 unspecified atom stereocenters. The van der Waals surface area contributed by atoms with Gasteiger partial charge in [0.2, 0.25) is 5.91 Å². The van der Waals surface area contributed by atoms with Crippen LogP contribution in [0.2, 0.25) is 0 Å². The minimum atomic E-state index is -0.386. The van der Waals surface area contributed by atoms with E-state index in [0.717, 1.165) is 11.1 Å². The molecular weight excluding hydrogens is 382 g/mol. The van der Waals surface area contributed by atoms with Crippen molar-refractivity contribution in [1.82, 2.24) is 9.88 Å². The SMILES string of the molecule is CC(C)(C)c1cc(-c2ccc[nH]c2=O)cc2c(C(=O)N3CC[C@H](C(N)=O)C3)coc12. The van der Waals surface area contributed by atoms with Crippen molar-refractivity contribution >= 4 is 22.8 Å². The first-order valence-electron chi connectivity index (χ1n) is 9.99. The summed E-state index contributed by atoms with van der Waals surface area (Å²) in [5.74, 6) is -0.907. The number of hydrogen-bond acceptors (Lipinski definition) is 4. The fourth-order valence-corrected chi connectivity index (χ4v) is 4.01. The van der Waals surface area contributed by atoms with E-state index in [9.17, 15) is 14.4 Å². The Labute approximate surface area is 173 Å². The second-order valence-electron chi connectivity index (χ2n) is 8.85. The second kappa shape index (κ2) is 7.16. The van der Waals surface area contributed by atoms with Gasteiger partial charge in [0.15, 0.2) is 0 Å². The lowest BCUT2D eigenvalue weighted by molar-refractivity contribution is -0.121. The Morgan fingerprint density at radius 2 is 2.03 bits per heavy atom. The highest BCUT2D eigenvalue weighted by atomic mass is 16.3. The molecule has 4 rings (SSSR count). The molecule has 3 N–H and O–H groups in total. The predicted octanol–water partition coefficient (Wildman–Crippen LogP) is 3.03. The Kier molecular flexibility index (Phi) is 4.76. The van der Waals surface area contributed by atoms with E-state index in [2.05, 4.69) is 25.8 Å². The average Bonchev–Trinajstić information content (AvgIpc) is 3.34. The van der Waals surface area contributed by atoms with Crippen molar-refractivity contribution in [3.63, 3.8) is 0 Å². The molecule has 1 aliphatic rings. The summed E-state index contributed by atoms with van der Waals surface area (Å²) in [6.07, 6.45) is 3.62. The minimum absolute atomic E-state index is 0.197. The maximum atomic E-state index is 13.2. The van der Waals surface area contributed by atoms with Crippen LogP contribution in [0.4, 0.5) is 0 Å². The van der Waals surface area contributed by atoms with Crippen LogP contribution in [0.3, 0.4) is 0 Å². The van der Waals surface area contributed by atoms with Gasteiger partial charge in [-0.2, -0.15) is 0 Å². The zero-order valence-corrected chi connectivity index (χ0v) is 17.3. The van der Waals surface area contributed by atoms with Gasteiger partial charge in [-0.25, -0.2) is 0 Å². The highest BCUT2D eigenvalue weighted by molar-refractivity contribution is 6.08. The van der Waals surface area contributed by atoms with Gasteiger partial charge < -0.3 is 20.0 Å². The van der Waals surface area contributed by atoms with Crippen LogP contribution in [0.1, 0.15) is 43.1 Å². The summed E-state index contributed by atoms with van der Waals surface area (Å²) >= 11 is 0. The molecule has 3 heterocycles. The van der Waals surface area contributed by atoms with Gasteiger partial charge >= 0.3 is 0 Å². The van der Waals surface area contributed by atoms with Crippen molar-refractivity contribution in [3.05, 3.63) is 58.2 Å².